The second kappa shape index (κ2) is 6.03. The summed E-state index contributed by atoms with van der Waals surface area (Å²) in [6.45, 7) is 5.57. The van der Waals surface area contributed by atoms with Crippen molar-refractivity contribution in [3.8, 4) is 11.3 Å². The van der Waals surface area contributed by atoms with Gasteiger partial charge in [0.1, 0.15) is 0 Å². The van der Waals surface area contributed by atoms with E-state index in [1.165, 1.54) is 40.8 Å². The lowest BCUT2D eigenvalue weighted by atomic mass is 9.83. The molecule has 0 spiro atoms. The molecule has 2 N–H and O–H groups in total. The molecule has 2 aliphatic heterocycles. The molecule has 5 nitrogen and oxygen atoms in total. The molecular formula is C21H26N4O. The van der Waals surface area contributed by atoms with Gasteiger partial charge in [0.05, 0.1) is 24.4 Å². The van der Waals surface area contributed by atoms with Crippen molar-refractivity contribution in [3.63, 3.8) is 0 Å². The Balaban J connectivity index is 1.60. The number of hydrogen-bond acceptors (Lipinski definition) is 5. The van der Waals surface area contributed by atoms with E-state index in [1.54, 1.807) is 0 Å². The van der Waals surface area contributed by atoms with Crippen molar-refractivity contribution in [2.45, 2.75) is 44.6 Å². The molecule has 2 fully saturated rings. The zero-order valence-electron chi connectivity index (χ0n) is 15.4. The molecule has 0 radical (unpaired) electrons. The number of fused-ring (bicyclic) bond motifs is 1. The highest BCUT2D eigenvalue weighted by Gasteiger charge is 2.37. The molecule has 0 saturated carbocycles. The van der Waals surface area contributed by atoms with Gasteiger partial charge in [0.2, 0.25) is 5.95 Å². The minimum atomic E-state index is -0.319. The third-order valence-corrected chi connectivity index (χ3v) is 6.08. The van der Waals surface area contributed by atoms with Gasteiger partial charge in [0, 0.05) is 29.9 Å². The highest BCUT2D eigenvalue weighted by molar-refractivity contribution is 5.68. The van der Waals surface area contributed by atoms with Crippen molar-refractivity contribution in [1.29, 1.82) is 0 Å². The maximum absolute atomic E-state index is 6.51. The Labute approximate surface area is 154 Å². The minimum Gasteiger partial charge on any atom is -0.377 e. The van der Waals surface area contributed by atoms with Crippen molar-refractivity contribution in [3.05, 3.63) is 40.6 Å². The fourth-order valence-electron chi connectivity index (χ4n) is 4.31. The monoisotopic (exact) mass is 350 g/mol. The molecule has 3 heterocycles. The number of aromatic nitrogens is 2. The number of ether oxygens (including phenoxy) is 1. The third kappa shape index (κ3) is 2.45. The van der Waals surface area contributed by atoms with E-state index in [-0.39, 0.29) is 5.54 Å². The topological polar surface area (TPSA) is 64.3 Å². The normalized spacial score (nSPS) is 20.5. The first kappa shape index (κ1) is 16.2. The largest absolute Gasteiger partial charge is 0.377 e. The number of nitrogens with zero attached hydrogens (tertiary/aromatic N) is 3. The maximum Gasteiger partial charge on any atom is 0.226 e. The van der Waals surface area contributed by atoms with Gasteiger partial charge in [-0.05, 0) is 49.3 Å². The van der Waals surface area contributed by atoms with Crippen LogP contribution in [0.3, 0.4) is 0 Å². The summed E-state index contributed by atoms with van der Waals surface area (Å²) in [6.07, 6.45) is 5.55. The quantitative estimate of drug-likeness (QED) is 0.918. The minimum absolute atomic E-state index is 0.319. The Morgan fingerprint density at radius 1 is 1.15 bits per heavy atom. The lowest BCUT2D eigenvalue weighted by Gasteiger charge is -2.39. The summed E-state index contributed by atoms with van der Waals surface area (Å²) >= 11 is 0. The molecule has 2 saturated heterocycles. The molecular weight excluding hydrogens is 324 g/mol. The van der Waals surface area contributed by atoms with E-state index >= 15 is 0 Å². The zero-order valence-corrected chi connectivity index (χ0v) is 15.4. The van der Waals surface area contributed by atoms with Crippen LogP contribution >= 0.6 is 0 Å². The van der Waals surface area contributed by atoms with E-state index < -0.39 is 0 Å². The van der Waals surface area contributed by atoms with Gasteiger partial charge in [-0.15, -0.1) is 0 Å². The van der Waals surface area contributed by atoms with Gasteiger partial charge in [0.15, 0.2) is 0 Å². The Morgan fingerprint density at radius 3 is 2.65 bits per heavy atom. The fourth-order valence-corrected chi connectivity index (χ4v) is 4.31. The van der Waals surface area contributed by atoms with Crippen LogP contribution in [-0.2, 0) is 29.5 Å². The lowest BCUT2D eigenvalue weighted by molar-refractivity contribution is -0.0572. The summed E-state index contributed by atoms with van der Waals surface area (Å²) in [5.74, 6) is 0.914. The van der Waals surface area contributed by atoms with Crippen LogP contribution in [0.2, 0.25) is 0 Å². The van der Waals surface area contributed by atoms with Crippen LogP contribution in [0, 0.1) is 0 Å². The smallest absolute Gasteiger partial charge is 0.226 e. The highest BCUT2D eigenvalue weighted by atomic mass is 16.5. The lowest BCUT2D eigenvalue weighted by Crippen LogP contribution is -2.54. The second-order valence-corrected chi connectivity index (χ2v) is 7.87. The number of nitrogens with two attached hydrogens (primary N) is 1. The van der Waals surface area contributed by atoms with Crippen LogP contribution in [0.4, 0.5) is 5.95 Å². The molecule has 0 amide bonds. The van der Waals surface area contributed by atoms with Crippen LogP contribution in [0.15, 0.2) is 18.2 Å². The molecule has 5 heteroatoms. The number of benzene rings is 1. The molecule has 0 bridgehead atoms. The van der Waals surface area contributed by atoms with Gasteiger partial charge in [-0.1, -0.05) is 19.1 Å². The summed E-state index contributed by atoms with van der Waals surface area (Å²) in [7, 11) is 0. The van der Waals surface area contributed by atoms with Crippen molar-refractivity contribution in [2.75, 3.05) is 31.2 Å². The van der Waals surface area contributed by atoms with Gasteiger partial charge in [-0.2, -0.15) is 0 Å². The molecule has 1 aliphatic carbocycles. The van der Waals surface area contributed by atoms with Gasteiger partial charge < -0.3 is 15.4 Å². The van der Waals surface area contributed by atoms with Crippen molar-refractivity contribution in [2.24, 2.45) is 5.73 Å². The van der Waals surface area contributed by atoms with Crippen LogP contribution in [0.25, 0.3) is 11.3 Å². The number of hydrogen-bond donors (Lipinski definition) is 1. The van der Waals surface area contributed by atoms with E-state index in [4.69, 9.17) is 20.4 Å². The number of anilines is 1. The summed E-state index contributed by atoms with van der Waals surface area (Å²) in [5.41, 5.74) is 13.7. The molecule has 136 valence electrons. The Kier molecular flexibility index (Phi) is 3.76. The molecule has 1 aromatic heterocycles. The van der Waals surface area contributed by atoms with Gasteiger partial charge in [-0.3, -0.25) is 0 Å². The SMILES string of the molecule is CCc1cc(-c2nc(N3CCC3)nc3c2CCC3)ccc1C1(N)COC1. The van der Waals surface area contributed by atoms with Crippen LogP contribution in [0.5, 0.6) is 0 Å². The molecule has 0 atom stereocenters. The van der Waals surface area contributed by atoms with E-state index in [0.717, 1.165) is 44.0 Å². The maximum atomic E-state index is 6.51. The first-order valence-corrected chi connectivity index (χ1v) is 9.83. The molecule has 3 aliphatic rings. The van der Waals surface area contributed by atoms with E-state index in [9.17, 15) is 0 Å². The Hall–Kier alpha value is -1.98. The summed E-state index contributed by atoms with van der Waals surface area (Å²) in [4.78, 5) is 12.1. The van der Waals surface area contributed by atoms with E-state index in [2.05, 4.69) is 30.0 Å². The number of aryl methyl sites for hydroxylation is 2. The van der Waals surface area contributed by atoms with Crippen LogP contribution in [0.1, 0.15) is 42.1 Å². The van der Waals surface area contributed by atoms with Crippen molar-refractivity contribution >= 4 is 5.95 Å². The number of rotatable bonds is 4. The van der Waals surface area contributed by atoms with E-state index in [0.29, 0.717) is 13.2 Å². The molecule has 5 rings (SSSR count). The first-order chi connectivity index (χ1) is 12.7. The Morgan fingerprint density at radius 2 is 2.00 bits per heavy atom. The van der Waals surface area contributed by atoms with Crippen molar-refractivity contribution in [1.82, 2.24) is 9.97 Å². The second-order valence-electron chi connectivity index (χ2n) is 7.87. The van der Waals surface area contributed by atoms with Gasteiger partial charge in [-0.25, -0.2) is 9.97 Å². The standard InChI is InChI=1S/C21H26N4O/c1-2-14-11-15(7-8-17(14)21(22)12-26-13-21)19-16-5-3-6-18(16)23-20(24-19)25-9-4-10-25/h7-8,11H,2-6,9-10,12-13,22H2,1H3. The van der Waals surface area contributed by atoms with Crippen molar-refractivity contribution < 1.29 is 4.74 Å². The fraction of sp³-hybridized carbons (Fsp3) is 0.524. The van der Waals surface area contributed by atoms with E-state index in [1.807, 2.05) is 0 Å². The summed E-state index contributed by atoms with van der Waals surface area (Å²) < 4.78 is 5.38. The molecule has 2 aromatic rings. The third-order valence-electron chi connectivity index (χ3n) is 6.08. The average Bonchev–Trinajstić information content (AvgIpc) is 3.05. The first-order valence-electron chi connectivity index (χ1n) is 9.83. The van der Waals surface area contributed by atoms with Gasteiger partial charge >= 0.3 is 0 Å². The highest BCUT2D eigenvalue weighted by Crippen LogP contribution is 2.36. The molecule has 26 heavy (non-hydrogen) atoms. The molecule has 1 aromatic carbocycles. The zero-order chi connectivity index (χ0) is 17.7. The molecule has 0 unspecified atom stereocenters. The summed E-state index contributed by atoms with van der Waals surface area (Å²) in [6, 6.07) is 6.69. The van der Waals surface area contributed by atoms with Crippen LogP contribution < -0.4 is 10.6 Å². The van der Waals surface area contributed by atoms with Crippen LogP contribution in [-0.4, -0.2) is 36.3 Å². The predicted octanol–water partition coefficient (Wildman–Crippen LogP) is 2.59. The Bertz CT molecular complexity index is 855. The van der Waals surface area contributed by atoms with Gasteiger partial charge in [0.25, 0.3) is 0 Å². The average molecular weight is 350 g/mol. The predicted molar refractivity (Wildman–Crippen MR) is 102 cm³/mol. The summed E-state index contributed by atoms with van der Waals surface area (Å²) in [5, 5.41) is 0.